The molecule has 0 heterocycles. The number of hydrogen-bond acceptors (Lipinski definition) is 1. The van der Waals surface area contributed by atoms with Crippen LogP contribution in [-0.2, 0) is 6.42 Å². The van der Waals surface area contributed by atoms with E-state index >= 15 is 0 Å². The van der Waals surface area contributed by atoms with E-state index in [1.807, 2.05) is 12.1 Å². The van der Waals surface area contributed by atoms with Crippen molar-refractivity contribution in [2.24, 2.45) is 0 Å². The smallest absolute Gasteiger partial charge is 0.0595 e. The average molecular weight is 288 g/mol. The van der Waals surface area contributed by atoms with Gasteiger partial charge in [-0.05, 0) is 43.5 Å². The maximum atomic E-state index is 5.98. The summed E-state index contributed by atoms with van der Waals surface area (Å²) in [5, 5.41) is 4.74. The van der Waals surface area contributed by atoms with Gasteiger partial charge in [-0.25, -0.2) is 0 Å². The van der Waals surface area contributed by atoms with Gasteiger partial charge in [-0.3, -0.25) is 0 Å². The van der Waals surface area contributed by atoms with E-state index in [4.69, 9.17) is 23.2 Å². The molecule has 0 aromatic heterocycles. The highest BCUT2D eigenvalue weighted by Gasteiger charge is 1.99. The Bertz CT molecular complexity index is 350. The molecule has 0 amide bonds. The van der Waals surface area contributed by atoms with Crippen LogP contribution in [-0.4, -0.2) is 12.6 Å². The van der Waals surface area contributed by atoms with Gasteiger partial charge >= 0.3 is 0 Å². The minimum absolute atomic E-state index is 0.598. The fourth-order valence-electron chi connectivity index (χ4n) is 1.89. The third-order valence-electron chi connectivity index (χ3n) is 2.93. The molecule has 1 aromatic rings. The second kappa shape index (κ2) is 8.79. The monoisotopic (exact) mass is 287 g/mol. The number of rotatable bonds is 8. The zero-order valence-corrected chi connectivity index (χ0v) is 12.8. The Labute approximate surface area is 121 Å². The number of aryl methyl sites for hydroxylation is 1. The molecule has 0 saturated carbocycles. The Morgan fingerprint density at radius 2 is 1.72 bits per heavy atom. The highest BCUT2D eigenvalue weighted by atomic mass is 35.5. The fourth-order valence-corrected chi connectivity index (χ4v) is 2.21. The Hall–Kier alpha value is -0.240. The third kappa shape index (κ3) is 6.63. The fraction of sp³-hybridized carbons (Fsp3) is 0.600. The van der Waals surface area contributed by atoms with Crippen LogP contribution in [0.5, 0.6) is 0 Å². The molecule has 1 N–H and O–H groups in total. The largest absolute Gasteiger partial charge is 0.315 e. The first kappa shape index (κ1) is 15.8. The van der Waals surface area contributed by atoms with Crippen molar-refractivity contribution >= 4 is 23.2 Å². The Kier molecular flexibility index (Phi) is 7.73. The Morgan fingerprint density at radius 1 is 1.00 bits per heavy atom. The van der Waals surface area contributed by atoms with Crippen molar-refractivity contribution in [3.8, 4) is 0 Å². The van der Waals surface area contributed by atoms with Crippen molar-refractivity contribution in [1.29, 1.82) is 0 Å². The van der Waals surface area contributed by atoms with Crippen LogP contribution in [0.4, 0.5) is 0 Å². The quantitative estimate of drug-likeness (QED) is 0.657. The molecular formula is C15H23Cl2N. The molecule has 1 aromatic carbocycles. The van der Waals surface area contributed by atoms with Crippen LogP contribution in [0, 0.1) is 0 Å². The van der Waals surface area contributed by atoms with Gasteiger partial charge in [-0.2, -0.15) is 0 Å². The first-order valence-corrected chi connectivity index (χ1v) is 7.52. The van der Waals surface area contributed by atoms with E-state index < -0.39 is 0 Å². The molecule has 0 radical (unpaired) electrons. The molecular weight excluding hydrogens is 265 g/mol. The topological polar surface area (TPSA) is 12.0 Å². The predicted octanol–water partition coefficient (Wildman–Crippen LogP) is 5.09. The first-order chi connectivity index (χ1) is 8.59. The van der Waals surface area contributed by atoms with E-state index in [2.05, 4.69) is 25.2 Å². The predicted molar refractivity (Wildman–Crippen MR) is 81.8 cm³/mol. The summed E-state index contributed by atoms with van der Waals surface area (Å²) in [5.41, 5.74) is 1.28. The van der Waals surface area contributed by atoms with Crippen molar-refractivity contribution in [1.82, 2.24) is 5.32 Å². The summed E-state index contributed by atoms with van der Waals surface area (Å²) in [4.78, 5) is 0. The van der Waals surface area contributed by atoms with E-state index in [9.17, 15) is 0 Å². The van der Waals surface area contributed by atoms with E-state index in [0.29, 0.717) is 16.1 Å². The van der Waals surface area contributed by atoms with Gasteiger partial charge in [0.05, 0.1) is 10.0 Å². The summed E-state index contributed by atoms with van der Waals surface area (Å²) in [7, 11) is 0. The average Bonchev–Trinajstić information content (AvgIpc) is 2.32. The summed E-state index contributed by atoms with van der Waals surface area (Å²) in [6.45, 7) is 5.50. The maximum absolute atomic E-state index is 5.98. The van der Waals surface area contributed by atoms with Gasteiger partial charge in [0.2, 0.25) is 0 Å². The molecule has 0 atom stereocenters. The van der Waals surface area contributed by atoms with Crippen LogP contribution in [0.2, 0.25) is 10.0 Å². The van der Waals surface area contributed by atoms with Crippen molar-refractivity contribution in [2.45, 2.75) is 52.0 Å². The molecule has 0 spiro atoms. The van der Waals surface area contributed by atoms with Crippen molar-refractivity contribution in [2.75, 3.05) is 6.54 Å². The van der Waals surface area contributed by atoms with Gasteiger partial charge in [-0.15, -0.1) is 0 Å². The van der Waals surface area contributed by atoms with Gasteiger partial charge in [0.15, 0.2) is 0 Å². The van der Waals surface area contributed by atoms with E-state index in [0.717, 1.165) is 13.0 Å². The van der Waals surface area contributed by atoms with Crippen LogP contribution in [0.25, 0.3) is 0 Å². The van der Waals surface area contributed by atoms with Crippen LogP contribution in [0.3, 0.4) is 0 Å². The second-order valence-corrected chi connectivity index (χ2v) is 5.84. The summed E-state index contributed by atoms with van der Waals surface area (Å²) in [5.74, 6) is 0. The first-order valence-electron chi connectivity index (χ1n) is 6.77. The summed E-state index contributed by atoms with van der Waals surface area (Å²) in [6.07, 6.45) is 6.15. The van der Waals surface area contributed by atoms with E-state index in [1.54, 1.807) is 0 Å². The molecule has 3 heteroatoms. The molecule has 0 aliphatic rings. The number of nitrogens with one attached hydrogen (secondary N) is 1. The molecule has 0 aliphatic carbocycles. The van der Waals surface area contributed by atoms with Gasteiger partial charge in [0, 0.05) is 6.04 Å². The van der Waals surface area contributed by atoms with Gasteiger partial charge in [0.1, 0.15) is 0 Å². The molecule has 102 valence electrons. The van der Waals surface area contributed by atoms with Gasteiger partial charge < -0.3 is 5.32 Å². The molecule has 0 unspecified atom stereocenters. The lowest BCUT2D eigenvalue weighted by Gasteiger charge is -2.07. The molecule has 0 bridgehead atoms. The summed E-state index contributed by atoms with van der Waals surface area (Å²) in [6, 6.07) is 6.52. The van der Waals surface area contributed by atoms with Crippen LogP contribution < -0.4 is 5.32 Å². The minimum Gasteiger partial charge on any atom is -0.315 e. The highest BCUT2D eigenvalue weighted by molar-refractivity contribution is 6.42. The third-order valence-corrected chi connectivity index (χ3v) is 3.67. The molecule has 0 aliphatic heterocycles. The normalized spacial score (nSPS) is 11.2. The van der Waals surface area contributed by atoms with Crippen LogP contribution in [0.1, 0.15) is 45.1 Å². The van der Waals surface area contributed by atoms with Crippen molar-refractivity contribution in [3.05, 3.63) is 33.8 Å². The number of halogens is 2. The lowest BCUT2D eigenvalue weighted by atomic mass is 10.1. The standard InChI is InChI=1S/C15H23Cl2N/c1-12(2)18-10-6-4-3-5-7-13-8-9-14(16)15(17)11-13/h8-9,11-12,18H,3-7,10H2,1-2H3. The van der Waals surface area contributed by atoms with Crippen LogP contribution >= 0.6 is 23.2 Å². The van der Waals surface area contributed by atoms with Gasteiger partial charge in [-0.1, -0.05) is 56.0 Å². The van der Waals surface area contributed by atoms with Crippen molar-refractivity contribution in [3.63, 3.8) is 0 Å². The maximum Gasteiger partial charge on any atom is 0.0595 e. The highest BCUT2D eigenvalue weighted by Crippen LogP contribution is 2.23. The molecule has 1 nitrogen and oxygen atoms in total. The second-order valence-electron chi connectivity index (χ2n) is 5.02. The van der Waals surface area contributed by atoms with E-state index in [1.165, 1.54) is 31.2 Å². The molecule has 0 saturated heterocycles. The zero-order chi connectivity index (χ0) is 13.4. The molecule has 1 rings (SSSR count). The molecule has 18 heavy (non-hydrogen) atoms. The Balaban J connectivity index is 2.09. The van der Waals surface area contributed by atoms with Gasteiger partial charge in [0.25, 0.3) is 0 Å². The summed E-state index contributed by atoms with van der Waals surface area (Å²) >= 11 is 11.9. The number of benzene rings is 1. The van der Waals surface area contributed by atoms with E-state index in [-0.39, 0.29) is 0 Å². The SMILES string of the molecule is CC(C)NCCCCCCc1ccc(Cl)c(Cl)c1. The Morgan fingerprint density at radius 3 is 2.39 bits per heavy atom. The zero-order valence-electron chi connectivity index (χ0n) is 11.3. The minimum atomic E-state index is 0.598. The lowest BCUT2D eigenvalue weighted by molar-refractivity contribution is 0.542. The lowest BCUT2D eigenvalue weighted by Crippen LogP contribution is -2.23. The van der Waals surface area contributed by atoms with Crippen molar-refractivity contribution < 1.29 is 0 Å². The van der Waals surface area contributed by atoms with Crippen LogP contribution in [0.15, 0.2) is 18.2 Å². The number of hydrogen-bond donors (Lipinski definition) is 1. The number of unbranched alkanes of at least 4 members (excludes halogenated alkanes) is 3. The molecule has 0 fully saturated rings. The summed E-state index contributed by atoms with van der Waals surface area (Å²) < 4.78 is 0.